The van der Waals surface area contributed by atoms with Crippen LogP contribution in [-0.2, 0) is 58.6 Å². The van der Waals surface area contributed by atoms with Crippen LogP contribution in [0.25, 0.3) is 6.08 Å². The molecule has 0 fully saturated rings. The summed E-state index contributed by atoms with van der Waals surface area (Å²) in [5.74, 6) is -8.99. The Labute approximate surface area is 413 Å². The fourth-order valence-electron chi connectivity index (χ4n) is 6.64. The molecule has 3 rings (SSSR count). The van der Waals surface area contributed by atoms with Crippen LogP contribution in [0.4, 0.5) is 23.2 Å². The van der Waals surface area contributed by atoms with E-state index in [0.29, 0.717) is 83.9 Å². The van der Waals surface area contributed by atoms with Crippen molar-refractivity contribution in [2.75, 3.05) is 146 Å². The van der Waals surface area contributed by atoms with Gasteiger partial charge < -0.3 is 68.0 Å². The van der Waals surface area contributed by atoms with Gasteiger partial charge in [0.25, 0.3) is 0 Å². The highest BCUT2D eigenvalue weighted by atomic mass is 32.1. The van der Waals surface area contributed by atoms with E-state index in [0.717, 1.165) is 75.3 Å². The van der Waals surface area contributed by atoms with Crippen molar-refractivity contribution in [1.82, 2.24) is 9.80 Å². The Kier molecular flexibility index (Phi) is 32.2. The molecule has 1 atom stereocenters. The third-order valence-electron chi connectivity index (χ3n) is 10.2. The minimum Gasteiger partial charge on any atom is -0.420 e. The molecule has 2 heterocycles. The zero-order chi connectivity index (χ0) is 50.8. The molecule has 1 unspecified atom stereocenters. The smallest absolute Gasteiger partial charge is 0.313 e. The molecule has 22 heteroatoms. The van der Waals surface area contributed by atoms with Crippen LogP contribution >= 0.6 is 11.3 Å². The molecule has 1 amide bonds. The lowest BCUT2D eigenvalue weighted by molar-refractivity contribution is -0.175. The second kappa shape index (κ2) is 37.1. The molecule has 2 aromatic rings. The molecule has 0 saturated carbocycles. The summed E-state index contributed by atoms with van der Waals surface area (Å²) < 4.78 is 107. The summed E-state index contributed by atoms with van der Waals surface area (Å²) in [6.45, 7) is 11.9. The number of nitrogens with zero attached hydrogens (tertiary/aromatic N) is 3. The molecule has 1 aromatic carbocycles. The number of amidine groups is 1. The van der Waals surface area contributed by atoms with Gasteiger partial charge in [-0.1, -0.05) is 20.3 Å². The Bertz CT molecular complexity index is 1810. The van der Waals surface area contributed by atoms with Gasteiger partial charge in [-0.2, -0.15) is 8.78 Å². The van der Waals surface area contributed by atoms with E-state index in [1.807, 2.05) is 11.0 Å². The first-order chi connectivity index (χ1) is 34.0. The number of carbonyl (C=O) groups excluding carboxylic acids is 2. The zero-order valence-corrected chi connectivity index (χ0v) is 41.8. The number of carbonyl (C=O) groups is 2. The van der Waals surface area contributed by atoms with Gasteiger partial charge in [0.1, 0.15) is 5.84 Å². The monoisotopic (exact) mass is 1020 g/mol. The first-order valence-electron chi connectivity index (χ1n) is 24.0. The predicted molar refractivity (Wildman–Crippen MR) is 255 cm³/mol. The first kappa shape index (κ1) is 60.7. The van der Waals surface area contributed by atoms with E-state index in [1.165, 1.54) is 4.88 Å². The summed E-state index contributed by atoms with van der Waals surface area (Å²) in [5.41, 5.74) is 7.81. The van der Waals surface area contributed by atoms with Gasteiger partial charge in [-0.25, -0.2) is 13.8 Å². The van der Waals surface area contributed by atoms with Gasteiger partial charge in [0, 0.05) is 42.6 Å². The SMILES string of the molecule is CCCN(CCC)C(=O)C1=Cc2sc(CCCCCN(C)CCOCCOC(CO)OCCOCCOCCOCCOCCOCCOCCC(=O)Oc3c(F)c(F)cc(F)c3F)cc2N=C(N)C1. The molecule has 70 heavy (non-hydrogen) atoms. The summed E-state index contributed by atoms with van der Waals surface area (Å²) in [4.78, 5) is 36.1. The number of esters is 1. The maximum Gasteiger partial charge on any atom is 0.313 e. The van der Waals surface area contributed by atoms with E-state index in [1.54, 1.807) is 11.3 Å². The van der Waals surface area contributed by atoms with Crippen LogP contribution in [0.5, 0.6) is 5.75 Å². The topological polar surface area (TPSA) is 192 Å². The van der Waals surface area contributed by atoms with Crippen molar-refractivity contribution >= 4 is 40.8 Å². The van der Waals surface area contributed by atoms with Gasteiger partial charge in [0.05, 0.1) is 129 Å². The van der Waals surface area contributed by atoms with E-state index in [-0.39, 0.29) is 58.2 Å². The van der Waals surface area contributed by atoms with Gasteiger partial charge >= 0.3 is 5.97 Å². The van der Waals surface area contributed by atoms with Crippen LogP contribution in [0, 0.1) is 23.3 Å². The molecule has 0 bridgehead atoms. The summed E-state index contributed by atoms with van der Waals surface area (Å²) in [5, 5.41) is 9.59. The fraction of sp³-hybridized carbons (Fsp3) is 0.688. The van der Waals surface area contributed by atoms with Gasteiger partial charge in [0.2, 0.25) is 23.3 Å². The Morgan fingerprint density at radius 2 is 1.21 bits per heavy atom. The molecular formula is C48H74F4N4O13S. The van der Waals surface area contributed by atoms with Crippen molar-refractivity contribution in [3.63, 3.8) is 0 Å². The molecule has 17 nitrogen and oxygen atoms in total. The lowest BCUT2D eigenvalue weighted by Gasteiger charge is -2.22. The molecule has 0 spiro atoms. The van der Waals surface area contributed by atoms with Crippen molar-refractivity contribution in [1.29, 1.82) is 0 Å². The molecule has 1 aromatic heterocycles. The highest BCUT2D eigenvalue weighted by molar-refractivity contribution is 7.13. The molecular weight excluding hydrogens is 949 g/mol. The Balaban J connectivity index is 1.05. The number of aliphatic imine (C=N–C) groups is 1. The van der Waals surface area contributed by atoms with Crippen molar-refractivity contribution in [3.8, 4) is 5.75 Å². The molecule has 0 aliphatic carbocycles. The lowest BCUT2D eigenvalue weighted by Crippen LogP contribution is -2.34. The molecule has 1 aliphatic rings. The number of benzene rings is 1. The van der Waals surface area contributed by atoms with E-state index in [9.17, 15) is 32.3 Å². The van der Waals surface area contributed by atoms with Crippen molar-refractivity contribution in [3.05, 3.63) is 50.7 Å². The largest absolute Gasteiger partial charge is 0.420 e. The van der Waals surface area contributed by atoms with E-state index >= 15 is 0 Å². The van der Waals surface area contributed by atoms with Crippen LogP contribution < -0.4 is 10.5 Å². The number of hydrogen-bond acceptors (Lipinski definition) is 17. The van der Waals surface area contributed by atoms with Gasteiger partial charge in [-0.3, -0.25) is 9.59 Å². The number of amides is 1. The maximum absolute atomic E-state index is 13.6. The Hall–Kier alpha value is -3.65. The Morgan fingerprint density at radius 1 is 0.700 bits per heavy atom. The van der Waals surface area contributed by atoms with Gasteiger partial charge in [-0.15, -0.1) is 11.3 Å². The summed E-state index contributed by atoms with van der Waals surface area (Å²) in [6, 6.07) is 2.13. The number of hydrogen-bond donors (Lipinski definition) is 2. The number of fused-ring (bicyclic) bond motifs is 1. The number of unbranched alkanes of at least 4 members (excludes halogenated alkanes) is 2. The molecule has 3 N–H and O–H groups in total. The first-order valence-corrected chi connectivity index (χ1v) is 24.8. The highest BCUT2D eigenvalue weighted by Crippen LogP contribution is 2.35. The predicted octanol–water partition coefficient (Wildman–Crippen LogP) is 5.84. The third-order valence-corrected chi connectivity index (χ3v) is 11.3. The van der Waals surface area contributed by atoms with Crippen molar-refractivity contribution in [2.45, 2.75) is 71.5 Å². The number of rotatable bonds is 42. The normalized spacial score (nSPS) is 13.0. The van der Waals surface area contributed by atoms with E-state index < -0.39 is 47.7 Å². The standard InChI is InChI=1S/C48H74F4N4O13S/c1-4-11-56(12-5-2)48(59)36-31-41-40(54-42(53)32-36)33-37(70-41)9-7-6-8-13-55(3)14-16-61-27-29-67-44(35-57)68-30-28-66-26-25-65-24-23-64-22-21-63-20-19-62-18-17-60-15-10-43(58)69-47-45(51)38(49)34-39(50)46(47)52/h31,33-34,44,57H,4-30,32,35H2,1-3H3,(H2,53,54). The van der Waals surface area contributed by atoms with E-state index in [4.69, 9.17) is 48.4 Å². The average Bonchev–Trinajstić information content (AvgIpc) is 3.64. The maximum atomic E-state index is 13.6. The number of nitrogens with two attached hydrogens (primary N) is 1. The van der Waals surface area contributed by atoms with Crippen LogP contribution in [-0.4, -0.2) is 184 Å². The van der Waals surface area contributed by atoms with Crippen LogP contribution in [0.1, 0.15) is 68.5 Å². The number of aliphatic hydroxyl groups is 1. The minimum absolute atomic E-state index is 0.0156. The quantitative estimate of drug-likeness (QED) is 0.0201. The number of aliphatic hydroxyl groups excluding tert-OH is 1. The zero-order valence-electron chi connectivity index (χ0n) is 41.0. The van der Waals surface area contributed by atoms with Gasteiger partial charge in [0.15, 0.2) is 17.9 Å². The minimum atomic E-state index is -1.80. The van der Waals surface area contributed by atoms with Crippen LogP contribution in [0.15, 0.2) is 22.7 Å². The molecule has 0 saturated heterocycles. The number of ether oxygens (including phenoxy) is 10. The molecule has 0 radical (unpaired) electrons. The summed E-state index contributed by atoms with van der Waals surface area (Å²) in [7, 11) is 2.08. The number of thiophene rings is 1. The number of aryl methyl sites for hydroxylation is 1. The highest BCUT2D eigenvalue weighted by Gasteiger charge is 2.24. The third kappa shape index (κ3) is 25.1. The summed E-state index contributed by atoms with van der Waals surface area (Å²) in [6.07, 6.45) is 7.23. The lowest BCUT2D eigenvalue weighted by atomic mass is 10.1. The number of halogens is 4. The molecule has 1 aliphatic heterocycles. The second-order valence-corrected chi connectivity index (χ2v) is 17.1. The van der Waals surface area contributed by atoms with Crippen molar-refractivity contribution < 1.29 is 79.6 Å². The average molecular weight is 1020 g/mol. The molecule has 398 valence electrons. The summed E-state index contributed by atoms with van der Waals surface area (Å²) >= 11 is 1.70. The number of likely N-dealkylation sites (N-methyl/N-ethyl adjacent to an activating group) is 1. The fourth-order valence-corrected chi connectivity index (χ4v) is 7.75. The Morgan fingerprint density at radius 3 is 1.74 bits per heavy atom. The van der Waals surface area contributed by atoms with E-state index in [2.05, 4.69) is 41.6 Å². The van der Waals surface area contributed by atoms with Gasteiger partial charge in [-0.05, 0) is 57.8 Å². The van der Waals surface area contributed by atoms with Crippen molar-refractivity contribution in [2.24, 2.45) is 10.7 Å². The van der Waals surface area contributed by atoms with Crippen LogP contribution in [0.2, 0.25) is 0 Å². The van der Waals surface area contributed by atoms with Crippen LogP contribution in [0.3, 0.4) is 0 Å². The second-order valence-electron chi connectivity index (χ2n) is 16.0.